The molecule has 0 aliphatic carbocycles. The van der Waals surface area contributed by atoms with E-state index in [0.717, 1.165) is 25.2 Å². The number of hydrogen-bond acceptors (Lipinski definition) is 3. The van der Waals surface area contributed by atoms with Crippen LogP contribution in [0.25, 0.3) is 0 Å². The molecule has 0 unspecified atom stereocenters. The molecule has 0 aliphatic heterocycles. The third kappa shape index (κ3) is 3.34. The van der Waals surface area contributed by atoms with Crippen molar-refractivity contribution < 1.29 is 8.81 Å². The average Bonchev–Trinajstić information content (AvgIpc) is 2.88. The molecular weight excluding hydrogens is 231 g/mol. The van der Waals surface area contributed by atoms with Crippen molar-refractivity contribution in [1.82, 2.24) is 5.32 Å². The molecule has 1 aromatic heterocycles. The fraction of sp³-hybridized carbons (Fsp3) is 0.286. The lowest BCUT2D eigenvalue weighted by Gasteiger charge is -2.19. The van der Waals surface area contributed by atoms with Gasteiger partial charge in [-0.2, -0.15) is 0 Å². The Morgan fingerprint density at radius 3 is 2.83 bits per heavy atom. The van der Waals surface area contributed by atoms with Crippen molar-refractivity contribution in [3.8, 4) is 0 Å². The molecule has 1 heterocycles. The summed E-state index contributed by atoms with van der Waals surface area (Å²) in [6.07, 6.45) is 3.37. The Bertz CT molecular complexity index is 470. The smallest absolute Gasteiger partial charge is 0.146 e. The van der Waals surface area contributed by atoms with Crippen LogP contribution in [0.3, 0.4) is 0 Å². The summed E-state index contributed by atoms with van der Waals surface area (Å²) in [5, 5.41) is 3.28. The molecule has 2 aromatic rings. The average molecular weight is 248 g/mol. The van der Waals surface area contributed by atoms with Crippen molar-refractivity contribution in [3.63, 3.8) is 0 Å². The molecule has 96 valence electrons. The predicted molar refractivity (Wildman–Crippen MR) is 70.1 cm³/mol. The summed E-state index contributed by atoms with van der Waals surface area (Å²) < 4.78 is 18.5. The van der Waals surface area contributed by atoms with Gasteiger partial charge in [0.15, 0.2) is 0 Å². The zero-order valence-corrected chi connectivity index (χ0v) is 10.4. The van der Waals surface area contributed by atoms with E-state index in [-0.39, 0.29) is 5.82 Å². The van der Waals surface area contributed by atoms with Crippen LogP contribution in [0, 0.1) is 5.82 Å². The van der Waals surface area contributed by atoms with Crippen LogP contribution >= 0.6 is 0 Å². The fourth-order valence-corrected chi connectivity index (χ4v) is 1.75. The Morgan fingerprint density at radius 1 is 1.28 bits per heavy atom. The summed E-state index contributed by atoms with van der Waals surface area (Å²) in [4.78, 5) is 1.90. The number of furan rings is 1. The monoisotopic (exact) mass is 248 g/mol. The largest absolute Gasteiger partial charge is 0.472 e. The van der Waals surface area contributed by atoms with Crippen LogP contribution in [-0.4, -0.2) is 20.1 Å². The van der Waals surface area contributed by atoms with Gasteiger partial charge >= 0.3 is 0 Å². The van der Waals surface area contributed by atoms with Gasteiger partial charge in [-0.3, -0.25) is 0 Å². The molecule has 0 amide bonds. The SMILES string of the molecule is CN(CCNCc1ccoc1)c1ccccc1F. The molecule has 1 aromatic carbocycles. The van der Waals surface area contributed by atoms with E-state index < -0.39 is 0 Å². The van der Waals surface area contributed by atoms with Gasteiger partial charge in [0.05, 0.1) is 18.2 Å². The Kier molecular flexibility index (Phi) is 4.36. The number of rotatable bonds is 6. The zero-order valence-electron chi connectivity index (χ0n) is 10.4. The highest BCUT2D eigenvalue weighted by Crippen LogP contribution is 2.16. The summed E-state index contributed by atoms with van der Waals surface area (Å²) in [7, 11) is 1.89. The summed E-state index contributed by atoms with van der Waals surface area (Å²) >= 11 is 0. The molecule has 2 rings (SSSR count). The van der Waals surface area contributed by atoms with E-state index in [0.29, 0.717) is 5.69 Å². The topological polar surface area (TPSA) is 28.4 Å². The van der Waals surface area contributed by atoms with Crippen LogP contribution < -0.4 is 10.2 Å². The quantitative estimate of drug-likeness (QED) is 0.797. The Labute approximate surface area is 106 Å². The van der Waals surface area contributed by atoms with Crippen LogP contribution in [0.15, 0.2) is 47.3 Å². The first kappa shape index (κ1) is 12.6. The Hall–Kier alpha value is -1.81. The number of hydrogen-bond donors (Lipinski definition) is 1. The molecule has 0 saturated carbocycles. The van der Waals surface area contributed by atoms with Gasteiger partial charge < -0.3 is 14.6 Å². The number of benzene rings is 1. The van der Waals surface area contributed by atoms with E-state index >= 15 is 0 Å². The number of nitrogens with one attached hydrogen (secondary N) is 1. The van der Waals surface area contributed by atoms with E-state index in [9.17, 15) is 4.39 Å². The Morgan fingerprint density at radius 2 is 2.11 bits per heavy atom. The number of anilines is 1. The highest BCUT2D eigenvalue weighted by Gasteiger charge is 2.05. The van der Waals surface area contributed by atoms with E-state index in [1.54, 1.807) is 24.7 Å². The number of para-hydroxylation sites is 1. The summed E-state index contributed by atoms with van der Waals surface area (Å²) in [5.74, 6) is -0.185. The van der Waals surface area contributed by atoms with Crippen LogP contribution in [0.5, 0.6) is 0 Å². The molecule has 0 bridgehead atoms. The van der Waals surface area contributed by atoms with Crippen molar-refractivity contribution >= 4 is 5.69 Å². The third-order valence-corrected chi connectivity index (χ3v) is 2.80. The lowest BCUT2D eigenvalue weighted by molar-refractivity contribution is 0.560. The number of halogens is 1. The van der Waals surface area contributed by atoms with E-state index in [1.165, 1.54) is 6.07 Å². The first-order valence-electron chi connectivity index (χ1n) is 5.95. The minimum absolute atomic E-state index is 0.185. The molecule has 0 atom stereocenters. The minimum Gasteiger partial charge on any atom is -0.472 e. The molecule has 0 aliphatic rings. The third-order valence-electron chi connectivity index (χ3n) is 2.80. The lowest BCUT2D eigenvalue weighted by Crippen LogP contribution is -2.29. The first-order valence-corrected chi connectivity index (χ1v) is 5.95. The van der Waals surface area contributed by atoms with E-state index in [2.05, 4.69) is 5.32 Å². The molecule has 4 heteroatoms. The Balaban J connectivity index is 1.75. The standard InChI is InChI=1S/C14H17FN2O/c1-17(14-5-3-2-4-13(14)15)8-7-16-10-12-6-9-18-11-12/h2-6,9,11,16H,7-8,10H2,1H3. The molecule has 18 heavy (non-hydrogen) atoms. The molecule has 0 radical (unpaired) electrons. The zero-order chi connectivity index (χ0) is 12.8. The van der Waals surface area contributed by atoms with E-state index in [4.69, 9.17) is 4.42 Å². The van der Waals surface area contributed by atoms with Crippen LogP contribution in [0.2, 0.25) is 0 Å². The molecule has 0 spiro atoms. The molecule has 3 nitrogen and oxygen atoms in total. The van der Waals surface area contributed by atoms with Crippen molar-refractivity contribution in [2.75, 3.05) is 25.0 Å². The first-order chi connectivity index (χ1) is 8.77. The fourth-order valence-electron chi connectivity index (χ4n) is 1.75. The van der Waals surface area contributed by atoms with Crippen molar-refractivity contribution in [3.05, 3.63) is 54.2 Å². The van der Waals surface area contributed by atoms with Crippen LogP contribution in [0.4, 0.5) is 10.1 Å². The highest BCUT2D eigenvalue weighted by atomic mass is 19.1. The van der Waals surface area contributed by atoms with Crippen molar-refractivity contribution in [1.29, 1.82) is 0 Å². The van der Waals surface area contributed by atoms with E-state index in [1.807, 2.05) is 24.1 Å². The normalized spacial score (nSPS) is 10.6. The van der Waals surface area contributed by atoms with Gasteiger partial charge in [0.2, 0.25) is 0 Å². The van der Waals surface area contributed by atoms with Crippen LogP contribution in [-0.2, 0) is 6.54 Å². The van der Waals surface area contributed by atoms with Gasteiger partial charge in [-0.05, 0) is 18.2 Å². The summed E-state index contributed by atoms with van der Waals surface area (Å²) in [5.41, 5.74) is 1.74. The second-order valence-electron chi connectivity index (χ2n) is 4.18. The van der Waals surface area contributed by atoms with Gasteiger partial charge in [-0.25, -0.2) is 4.39 Å². The summed E-state index contributed by atoms with van der Waals surface area (Å²) in [6, 6.07) is 8.72. The maximum atomic E-state index is 13.5. The predicted octanol–water partition coefficient (Wildman–Crippen LogP) is 2.64. The van der Waals surface area contributed by atoms with Crippen LogP contribution in [0.1, 0.15) is 5.56 Å². The van der Waals surface area contributed by atoms with Crippen molar-refractivity contribution in [2.24, 2.45) is 0 Å². The van der Waals surface area contributed by atoms with Crippen molar-refractivity contribution in [2.45, 2.75) is 6.54 Å². The molecule has 1 N–H and O–H groups in total. The molecule has 0 saturated heterocycles. The number of likely N-dealkylation sites (N-methyl/N-ethyl adjacent to an activating group) is 1. The van der Waals surface area contributed by atoms with Gasteiger partial charge in [-0.1, -0.05) is 12.1 Å². The highest BCUT2D eigenvalue weighted by molar-refractivity contribution is 5.46. The maximum absolute atomic E-state index is 13.5. The minimum atomic E-state index is -0.185. The molecular formula is C14H17FN2O. The number of nitrogens with zero attached hydrogens (tertiary/aromatic N) is 1. The maximum Gasteiger partial charge on any atom is 0.146 e. The van der Waals surface area contributed by atoms with Gasteiger partial charge in [0.1, 0.15) is 5.82 Å². The second-order valence-corrected chi connectivity index (χ2v) is 4.18. The van der Waals surface area contributed by atoms with Gasteiger partial charge in [-0.15, -0.1) is 0 Å². The van der Waals surface area contributed by atoms with Gasteiger partial charge in [0.25, 0.3) is 0 Å². The summed E-state index contributed by atoms with van der Waals surface area (Å²) in [6.45, 7) is 2.30. The van der Waals surface area contributed by atoms with Gasteiger partial charge in [0, 0.05) is 32.2 Å². The molecule has 0 fully saturated rings. The lowest BCUT2D eigenvalue weighted by atomic mass is 10.3. The second kappa shape index (κ2) is 6.21.